The van der Waals surface area contributed by atoms with Crippen LogP contribution in [-0.4, -0.2) is 59.5 Å². The predicted octanol–water partition coefficient (Wildman–Crippen LogP) is 1.01. The van der Waals surface area contributed by atoms with E-state index in [0.29, 0.717) is 12.6 Å². The molecular formula is C15H16BrN5O. The van der Waals surface area contributed by atoms with E-state index in [9.17, 15) is 4.79 Å². The third-order valence-corrected chi connectivity index (χ3v) is 4.82. The molecule has 0 atom stereocenters. The largest absolute Gasteiger partial charge is 0.354 e. The molecule has 1 aromatic heterocycles. The monoisotopic (exact) mass is 361 g/mol. The molecule has 0 spiro atoms. The van der Waals surface area contributed by atoms with Crippen LogP contribution in [0.4, 0.5) is 5.82 Å². The Morgan fingerprint density at radius 2 is 2.14 bits per heavy atom. The van der Waals surface area contributed by atoms with Crippen molar-refractivity contribution in [3.05, 3.63) is 29.0 Å². The Bertz CT molecular complexity index is 731. The van der Waals surface area contributed by atoms with E-state index < -0.39 is 0 Å². The quantitative estimate of drug-likeness (QED) is 0.864. The second-order valence-corrected chi connectivity index (χ2v) is 6.65. The highest BCUT2D eigenvalue weighted by Gasteiger charge is 2.35. The van der Waals surface area contributed by atoms with Crippen LogP contribution in [0.2, 0.25) is 0 Å². The van der Waals surface area contributed by atoms with Gasteiger partial charge < -0.3 is 10.2 Å². The minimum absolute atomic E-state index is 0.126. The van der Waals surface area contributed by atoms with Gasteiger partial charge in [0.1, 0.15) is 12.1 Å². The fraction of sp³-hybridized carbons (Fsp3) is 0.400. The van der Waals surface area contributed by atoms with Gasteiger partial charge in [0.2, 0.25) is 5.91 Å². The van der Waals surface area contributed by atoms with Crippen LogP contribution in [0.3, 0.4) is 0 Å². The molecule has 2 saturated heterocycles. The molecule has 3 heterocycles. The lowest BCUT2D eigenvalue weighted by atomic mass is 10.1. The molecule has 2 fully saturated rings. The summed E-state index contributed by atoms with van der Waals surface area (Å²) in [5.41, 5.74) is 0.953. The first-order valence-corrected chi connectivity index (χ1v) is 8.16. The number of amides is 1. The van der Waals surface area contributed by atoms with Crippen LogP contribution >= 0.6 is 15.9 Å². The molecule has 2 aliphatic rings. The van der Waals surface area contributed by atoms with Gasteiger partial charge in [-0.1, -0.05) is 15.9 Å². The number of nitrogens with one attached hydrogen (secondary N) is 1. The minimum Gasteiger partial charge on any atom is -0.354 e. The Kier molecular flexibility index (Phi) is 3.46. The molecular weight excluding hydrogens is 346 g/mol. The van der Waals surface area contributed by atoms with Crippen LogP contribution < -0.4 is 10.2 Å². The number of nitrogens with zero attached hydrogens (tertiary/aromatic N) is 4. The Morgan fingerprint density at radius 3 is 2.95 bits per heavy atom. The molecule has 4 rings (SSSR count). The lowest BCUT2D eigenvalue weighted by Gasteiger charge is -2.47. The van der Waals surface area contributed by atoms with Crippen molar-refractivity contribution in [1.82, 2.24) is 20.2 Å². The van der Waals surface area contributed by atoms with Crippen molar-refractivity contribution in [2.45, 2.75) is 6.04 Å². The summed E-state index contributed by atoms with van der Waals surface area (Å²) in [4.78, 5) is 24.8. The van der Waals surface area contributed by atoms with Crippen molar-refractivity contribution in [3.8, 4) is 0 Å². The topological polar surface area (TPSA) is 61.4 Å². The van der Waals surface area contributed by atoms with E-state index in [-0.39, 0.29) is 5.91 Å². The number of carbonyl (C=O) groups excluding carboxylic acids is 1. The van der Waals surface area contributed by atoms with Gasteiger partial charge in [-0.3, -0.25) is 9.69 Å². The summed E-state index contributed by atoms with van der Waals surface area (Å²) in [5, 5.41) is 3.93. The van der Waals surface area contributed by atoms with Crippen LogP contribution in [-0.2, 0) is 4.79 Å². The molecule has 0 radical (unpaired) electrons. The van der Waals surface area contributed by atoms with Gasteiger partial charge in [0, 0.05) is 42.1 Å². The summed E-state index contributed by atoms with van der Waals surface area (Å²) in [6, 6.07) is 6.48. The first-order valence-electron chi connectivity index (χ1n) is 7.37. The molecule has 1 amide bonds. The fourth-order valence-corrected chi connectivity index (χ4v) is 3.46. The first-order chi connectivity index (χ1) is 10.7. The van der Waals surface area contributed by atoms with Crippen molar-refractivity contribution in [3.63, 3.8) is 0 Å². The third-order valence-electron chi connectivity index (χ3n) is 4.32. The minimum atomic E-state index is 0.126. The van der Waals surface area contributed by atoms with E-state index in [1.165, 1.54) is 0 Å². The Hall–Kier alpha value is -1.73. The van der Waals surface area contributed by atoms with E-state index in [1.807, 2.05) is 12.1 Å². The first kappa shape index (κ1) is 13.9. The van der Waals surface area contributed by atoms with Gasteiger partial charge in [0.15, 0.2) is 0 Å². The molecule has 0 unspecified atom stereocenters. The number of fused-ring (bicyclic) bond motifs is 1. The predicted molar refractivity (Wildman–Crippen MR) is 87.8 cm³/mol. The van der Waals surface area contributed by atoms with E-state index in [1.54, 1.807) is 6.33 Å². The number of halogens is 1. The summed E-state index contributed by atoms with van der Waals surface area (Å²) in [7, 11) is 0. The smallest absolute Gasteiger partial charge is 0.234 e. The summed E-state index contributed by atoms with van der Waals surface area (Å²) in [6.45, 7) is 4.01. The zero-order valence-corrected chi connectivity index (χ0v) is 13.6. The number of hydrogen-bond acceptors (Lipinski definition) is 5. The average Bonchev–Trinajstić information content (AvgIpc) is 2.46. The SMILES string of the molecule is O=C1CN(C2CN(c3ncnc4ccc(Br)cc34)C2)CCN1. The molecule has 1 aromatic carbocycles. The van der Waals surface area contributed by atoms with Gasteiger partial charge in [0.25, 0.3) is 0 Å². The molecule has 0 aliphatic carbocycles. The number of piperazine rings is 1. The van der Waals surface area contributed by atoms with E-state index in [4.69, 9.17) is 0 Å². The summed E-state index contributed by atoms with van der Waals surface area (Å²) in [6.07, 6.45) is 1.62. The number of carbonyl (C=O) groups is 1. The second-order valence-electron chi connectivity index (χ2n) is 5.74. The van der Waals surface area contributed by atoms with Crippen LogP contribution in [0.15, 0.2) is 29.0 Å². The zero-order valence-electron chi connectivity index (χ0n) is 12.0. The van der Waals surface area contributed by atoms with E-state index in [0.717, 1.165) is 47.4 Å². The van der Waals surface area contributed by atoms with Gasteiger partial charge in [-0.25, -0.2) is 9.97 Å². The molecule has 114 valence electrons. The molecule has 0 bridgehead atoms. The highest BCUT2D eigenvalue weighted by Crippen LogP contribution is 2.30. The number of hydrogen-bond donors (Lipinski definition) is 1. The van der Waals surface area contributed by atoms with Crippen molar-refractivity contribution in [2.24, 2.45) is 0 Å². The van der Waals surface area contributed by atoms with Gasteiger partial charge in [-0.15, -0.1) is 0 Å². The van der Waals surface area contributed by atoms with Gasteiger partial charge in [-0.05, 0) is 18.2 Å². The van der Waals surface area contributed by atoms with Crippen molar-refractivity contribution in [2.75, 3.05) is 37.6 Å². The van der Waals surface area contributed by atoms with E-state index >= 15 is 0 Å². The normalized spacial score (nSPS) is 20.0. The zero-order chi connectivity index (χ0) is 15.1. The Labute approximate surface area is 136 Å². The van der Waals surface area contributed by atoms with Crippen molar-refractivity contribution in [1.29, 1.82) is 0 Å². The van der Waals surface area contributed by atoms with Crippen LogP contribution in [0.1, 0.15) is 0 Å². The maximum atomic E-state index is 11.5. The third kappa shape index (κ3) is 2.44. The maximum Gasteiger partial charge on any atom is 0.234 e. The fourth-order valence-electron chi connectivity index (χ4n) is 3.10. The standard InChI is InChI=1S/C15H16BrN5O/c16-10-1-2-13-12(5-10)15(19-9-18-13)21-6-11(7-21)20-4-3-17-14(22)8-20/h1-2,5,9,11H,3-4,6-8H2,(H,17,22). The van der Waals surface area contributed by atoms with Gasteiger partial charge in [0.05, 0.1) is 12.1 Å². The molecule has 7 heteroatoms. The molecule has 6 nitrogen and oxygen atoms in total. The van der Waals surface area contributed by atoms with E-state index in [2.05, 4.69) is 47.1 Å². The molecule has 2 aliphatic heterocycles. The lowest BCUT2D eigenvalue weighted by molar-refractivity contribution is -0.125. The summed E-state index contributed by atoms with van der Waals surface area (Å²) >= 11 is 3.51. The highest BCUT2D eigenvalue weighted by molar-refractivity contribution is 9.10. The maximum absolute atomic E-state index is 11.5. The highest BCUT2D eigenvalue weighted by atomic mass is 79.9. The summed E-state index contributed by atoms with van der Waals surface area (Å²) in [5.74, 6) is 1.10. The van der Waals surface area contributed by atoms with Crippen molar-refractivity contribution >= 4 is 38.6 Å². The number of benzene rings is 1. The second kappa shape index (κ2) is 5.48. The average molecular weight is 362 g/mol. The van der Waals surface area contributed by atoms with Crippen LogP contribution in [0, 0.1) is 0 Å². The number of aromatic nitrogens is 2. The van der Waals surface area contributed by atoms with Gasteiger partial charge in [-0.2, -0.15) is 0 Å². The number of anilines is 1. The summed E-state index contributed by atoms with van der Waals surface area (Å²) < 4.78 is 1.03. The van der Waals surface area contributed by atoms with Crippen LogP contribution in [0.25, 0.3) is 10.9 Å². The Balaban J connectivity index is 1.53. The van der Waals surface area contributed by atoms with Crippen molar-refractivity contribution < 1.29 is 4.79 Å². The van der Waals surface area contributed by atoms with Gasteiger partial charge >= 0.3 is 0 Å². The molecule has 2 aromatic rings. The molecule has 22 heavy (non-hydrogen) atoms. The lowest BCUT2D eigenvalue weighted by Crippen LogP contribution is -2.64. The molecule has 1 N–H and O–H groups in total. The Morgan fingerprint density at radius 1 is 1.27 bits per heavy atom. The molecule has 0 saturated carbocycles. The number of rotatable bonds is 2. The van der Waals surface area contributed by atoms with Crippen LogP contribution in [0.5, 0.6) is 0 Å².